The third-order valence-electron chi connectivity index (χ3n) is 14.3. The van der Waals surface area contributed by atoms with E-state index >= 15 is 0 Å². The average Bonchev–Trinajstić information content (AvgIpc) is 3.61. The van der Waals surface area contributed by atoms with E-state index in [4.69, 9.17) is 0 Å². The Bertz CT molecular complexity index is 1560. The van der Waals surface area contributed by atoms with Gasteiger partial charge in [0.1, 0.15) is 8.07 Å². The molecule has 0 saturated heterocycles. The van der Waals surface area contributed by atoms with Crippen LogP contribution in [-0.4, -0.2) is 8.07 Å². The van der Waals surface area contributed by atoms with Crippen molar-refractivity contribution in [2.45, 2.75) is 248 Å². The summed E-state index contributed by atoms with van der Waals surface area (Å²) in [6.45, 7) is 19.0. The van der Waals surface area contributed by atoms with Crippen LogP contribution in [0.25, 0.3) is 0 Å². The fourth-order valence-electron chi connectivity index (χ4n) is 10.4. The van der Waals surface area contributed by atoms with E-state index in [1.54, 1.807) is 54.1 Å². The van der Waals surface area contributed by atoms with E-state index < -0.39 is 8.07 Å². The molecule has 0 amide bonds. The minimum absolute atomic E-state index is 0. The monoisotopic (exact) mass is 1010 g/mol. The normalized spacial score (nSPS) is 11.2. The maximum Gasteiger partial charge on any atom is 4.00 e. The predicted octanol–water partition coefficient (Wildman–Crippen LogP) is 7.15. The number of rotatable bonds is 34. The molecule has 0 atom stereocenters. The number of aryl methyl sites for hydroxylation is 7. The van der Waals surface area contributed by atoms with Crippen LogP contribution in [0.15, 0.2) is 66.7 Å². The van der Waals surface area contributed by atoms with Gasteiger partial charge in [-0.2, -0.15) is 17.2 Å². The summed E-state index contributed by atoms with van der Waals surface area (Å²) in [5.41, 5.74) is 12.5. The Labute approximate surface area is 443 Å². The van der Waals surface area contributed by atoms with Crippen LogP contribution < -0.4 is 58.0 Å². The van der Waals surface area contributed by atoms with Crippen molar-refractivity contribution in [2.75, 3.05) is 0 Å². The van der Waals surface area contributed by atoms with Crippen LogP contribution >= 0.6 is 0 Å². The number of halogens is 3. The fraction of sp³-hybridized carbons (Fsp3) is 0.623. The molecule has 0 aromatic heterocycles. The average molecular weight is 1010 g/mol. The topological polar surface area (TPSA) is 0 Å². The molecule has 0 aliphatic rings. The molecule has 0 nitrogen and oxygen atoms in total. The van der Waals surface area contributed by atoms with E-state index in [1.165, 1.54) is 204 Å². The Morgan fingerprint density at radius 3 is 0.742 bits per heavy atom. The molecule has 368 valence electrons. The molecular weight excluding hydrogens is 915 g/mol. The van der Waals surface area contributed by atoms with E-state index in [0.29, 0.717) is 0 Å². The van der Waals surface area contributed by atoms with Gasteiger partial charge in [0.25, 0.3) is 0 Å². The minimum atomic E-state index is -2.84. The predicted molar refractivity (Wildman–Crippen MR) is 282 cm³/mol. The van der Waals surface area contributed by atoms with Gasteiger partial charge in [-0.1, -0.05) is 241 Å². The molecule has 0 bridgehead atoms. The van der Waals surface area contributed by atoms with Crippen molar-refractivity contribution in [1.82, 2.24) is 0 Å². The second-order valence-corrected chi connectivity index (χ2v) is 23.6. The first-order valence-corrected chi connectivity index (χ1v) is 29.0. The second-order valence-electron chi connectivity index (χ2n) is 19.8. The minimum Gasteiger partial charge on any atom is -1.00 e. The van der Waals surface area contributed by atoms with Gasteiger partial charge in [-0.15, -0.1) is 5.19 Å². The van der Waals surface area contributed by atoms with E-state index in [-0.39, 0.29) is 58.9 Å². The van der Waals surface area contributed by atoms with Gasteiger partial charge in [0.15, 0.2) is 0 Å². The van der Waals surface area contributed by atoms with Crippen molar-refractivity contribution in [3.63, 3.8) is 0 Å². The molecule has 0 spiro atoms. The quantitative estimate of drug-likeness (QED) is 0.0202. The third-order valence-corrected chi connectivity index (χ3v) is 19.1. The summed E-state index contributed by atoms with van der Waals surface area (Å²) in [4.78, 5) is 0. The van der Waals surface area contributed by atoms with Crippen LogP contribution in [-0.2, 0) is 60.2 Å². The molecule has 0 N–H and O–H groups in total. The summed E-state index contributed by atoms with van der Waals surface area (Å²) in [5, 5.41) is 6.62. The first kappa shape index (κ1) is 64.8. The number of unbranched alkanes of at least 4 members (excludes halogenated alkanes) is 18. The van der Waals surface area contributed by atoms with Gasteiger partial charge < -0.3 is 37.2 Å². The first-order chi connectivity index (χ1) is 30.3. The van der Waals surface area contributed by atoms with Gasteiger partial charge in [-0.3, -0.25) is 0 Å². The molecule has 5 heteroatoms. The van der Waals surface area contributed by atoms with Gasteiger partial charge in [0.2, 0.25) is 0 Å². The maximum absolute atomic E-state index is 2.84. The SMILES string of the molecule is CCCCCCc1cc(CCCCCC)cc([Si](c2cc(CCCCCC)cc(CCCCCC)c2)(c2cc(CCCCCC)cc(CCCCCC)c2)[c-]2ccc(C)c2C)c1.[Cl-].[Cl-].[Cl-].[Ti+4]. The van der Waals surface area contributed by atoms with Crippen molar-refractivity contribution in [1.29, 1.82) is 0 Å². The standard InChI is InChI=1S/C61H95Si.3ClH.Ti/c1-9-15-21-27-33-52-41-53(34-28-22-16-10-2)45-58(44-52)62(61-40-39-50(7)51(61)8,59-46-54(35-29-23-17-11-3)42-55(47-59)36-30-24-18-12-4)60-48-56(37-31-25-19-13-5)43-57(49-60)38-32-26-20-14-6;;;;/h39-49H,9-38H2,1-8H3;3*1H;/q-1;;;;+4/p-3. The van der Waals surface area contributed by atoms with Gasteiger partial charge in [-0.05, 0) is 110 Å². The zero-order valence-electron chi connectivity index (χ0n) is 43.7. The summed E-state index contributed by atoms with van der Waals surface area (Å²) in [5.74, 6) is 0. The Kier molecular flexibility index (Phi) is 36.9. The molecule has 0 saturated carbocycles. The van der Waals surface area contributed by atoms with Crippen LogP contribution in [0.5, 0.6) is 0 Å². The van der Waals surface area contributed by atoms with Crippen molar-refractivity contribution < 1.29 is 58.9 Å². The third kappa shape index (κ3) is 20.6. The van der Waals surface area contributed by atoms with E-state index in [0.717, 1.165) is 0 Å². The molecule has 4 rings (SSSR count). The molecule has 0 aliphatic heterocycles. The molecular formula is C61H95Cl3SiTi. The van der Waals surface area contributed by atoms with Gasteiger partial charge in [0.05, 0.1) is 0 Å². The van der Waals surface area contributed by atoms with Crippen LogP contribution in [0.3, 0.4) is 0 Å². The van der Waals surface area contributed by atoms with E-state index in [9.17, 15) is 0 Å². The van der Waals surface area contributed by atoms with E-state index in [1.807, 2.05) is 0 Å². The van der Waals surface area contributed by atoms with Gasteiger partial charge in [0, 0.05) is 0 Å². The molecule has 66 heavy (non-hydrogen) atoms. The maximum atomic E-state index is 2.78. The Morgan fingerprint density at radius 2 is 0.561 bits per heavy atom. The van der Waals surface area contributed by atoms with Crippen LogP contribution in [0, 0.1) is 13.8 Å². The van der Waals surface area contributed by atoms with Crippen molar-refractivity contribution >= 4 is 28.8 Å². The zero-order valence-corrected chi connectivity index (χ0v) is 48.5. The largest absolute Gasteiger partial charge is 4.00 e. The van der Waals surface area contributed by atoms with Crippen molar-refractivity contribution in [3.05, 3.63) is 111 Å². The Morgan fingerprint density at radius 1 is 0.333 bits per heavy atom. The number of hydrogen-bond donors (Lipinski definition) is 0. The van der Waals surface area contributed by atoms with Gasteiger partial charge in [-0.25, -0.2) is 6.07 Å². The summed E-state index contributed by atoms with van der Waals surface area (Å²) >= 11 is 0. The van der Waals surface area contributed by atoms with Crippen LogP contribution in [0.2, 0.25) is 0 Å². The van der Waals surface area contributed by atoms with Crippen molar-refractivity contribution in [2.24, 2.45) is 0 Å². The van der Waals surface area contributed by atoms with Crippen LogP contribution in [0.4, 0.5) is 0 Å². The Balaban J connectivity index is 0.0000106. The molecule has 0 aliphatic carbocycles. The molecule has 0 fully saturated rings. The second kappa shape index (κ2) is 37.6. The molecule has 4 aromatic carbocycles. The van der Waals surface area contributed by atoms with Crippen molar-refractivity contribution in [3.8, 4) is 0 Å². The van der Waals surface area contributed by atoms with E-state index in [2.05, 4.69) is 122 Å². The molecule has 4 aromatic rings. The molecule has 0 radical (unpaired) electrons. The van der Waals surface area contributed by atoms with Gasteiger partial charge >= 0.3 is 21.7 Å². The summed E-state index contributed by atoms with van der Waals surface area (Å²) < 4.78 is 0. The first-order valence-electron chi connectivity index (χ1n) is 27.0. The molecule has 0 heterocycles. The number of hydrogen-bond acceptors (Lipinski definition) is 0. The smallest absolute Gasteiger partial charge is 1.00 e. The fourth-order valence-corrected chi connectivity index (χ4v) is 15.8. The zero-order chi connectivity index (χ0) is 44.4. The summed E-state index contributed by atoms with van der Waals surface area (Å²) in [7, 11) is -2.84. The summed E-state index contributed by atoms with van der Waals surface area (Å²) in [6, 6.07) is 29.7. The van der Waals surface area contributed by atoms with Crippen LogP contribution in [0.1, 0.15) is 240 Å². The Hall–Kier alpha value is -1.19. The number of benzene rings is 3. The molecule has 0 unspecified atom stereocenters. The summed E-state index contributed by atoms with van der Waals surface area (Å²) in [6.07, 6.45) is 38.7.